The van der Waals surface area contributed by atoms with Gasteiger partial charge in [0.1, 0.15) is 17.4 Å². The molecule has 1 aromatic heterocycles. The third-order valence-corrected chi connectivity index (χ3v) is 7.37. The average molecular weight is 584 g/mol. The van der Waals surface area contributed by atoms with Crippen LogP contribution in [0.2, 0.25) is 0 Å². The summed E-state index contributed by atoms with van der Waals surface area (Å²) in [5.41, 5.74) is 1.30. The van der Waals surface area contributed by atoms with Gasteiger partial charge in [0, 0.05) is 35.8 Å². The molecule has 8 nitrogen and oxygen atoms in total. The molecule has 216 valence electrons. The maximum absolute atomic E-state index is 15.2. The smallest absolute Gasteiger partial charge is 0.258 e. The van der Waals surface area contributed by atoms with E-state index in [1.807, 2.05) is 6.92 Å². The van der Waals surface area contributed by atoms with E-state index in [9.17, 15) is 12.8 Å². The standard InChI is InChI=1S/C30H31F2N3O5S/c1-4-5-6-7-30(35-41(36,37)19-20-8-10-21(31)11-9-20)34-22-12-13-27(24(32)16-22)40-26-14-15-33-25-18-29(39-3)28(38-2)17-23(25)26/h8-18H,4-7,19H2,1-3H3,(H,34,35). The van der Waals surface area contributed by atoms with Gasteiger partial charge in [-0.25, -0.2) is 17.2 Å². The van der Waals surface area contributed by atoms with Crippen LogP contribution < -0.4 is 19.5 Å². The zero-order valence-electron chi connectivity index (χ0n) is 23.0. The largest absolute Gasteiger partial charge is 0.493 e. The summed E-state index contributed by atoms with van der Waals surface area (Å²) in [6.07, 6.45) is 4.39. The Hall–Kier alpha value is -4.25. The molecule has 0 aliphatic heterocycles. The number of hydrogen-bond acceptors (Lipinski definition) is 6. The minimum Gasteiger partial charge on any atom is -0.493 e. The Bertz CT molecular complexity index is 1640. The maximum atomic E-state index is 15.2. The number of fused-ring (bicyclic) bond motifs is 1. The minimum atomic E-state index is -3.94. The Labute approximate surface area is 238 Å². The van der Waals surface area contributed by atoms with Gasteiger partial charge in [-0.1, -0.05) is 31.9 Å². The first kappa shape index (κ1) is 29.7. The van der Waals surface area contributed by atoms with Crippen LogP contribution in [0, 0.1) is 11.6 Å². The van der Waals surface area contributed by atoms with E-state index >= 15 is 4.39 Å². The summed E-state index contributed by atoms with van der Waals surface area (Å²) >= 11 is 0. The number of nitrogens with zero attached hydrogens (tertiary/aromatic N) is 2. The molecule has 1 heterocycles. The van der Waals surface area contributed by atoms with Crippen molar-refractivity contribution in [2.75, 3.05) is 19.5 Å². The quantitative estimate of drug-likeness (QED) is 0.107. The summed E-state index contributed by atoms with van der Waals surface area (Å²) in [6.45, 7) is 2.03. The molecule has 0 aliphatic carbocycles. The molecule has 0 atom stereocenters. The summed E-state index contributed by atoms with van der Waals surface area (Å²) in [5, 5.41) is 3.55. The summed E-state index contributed by atoms with van der Waals surface area (Å²) in [4.78, 5) is 4.33. The van der Waals surface area contributed by atoms with E-state index in [1.54, 1.807) is 30.5 Å². The molecule has 41 heavy (non-hydrogen) atoms. The van der Waals surface area contributed by atoms with E-state index in [2.05, 4.69) is 14.7 Å². The van der Waals surface area contributed by atoms with Crippen LogP contribution in [0.15, 0.2) is 71.3 Å². The number of anilines is 1. The van der Waals surface area contributed by atoms with Crippen molar-refractivity contribution in [3.8, 4) is 23.0 Å². The molecule has 0 aliphatic rings. The molecular weight excluding hydrogens is 552 g/mol. The van der Waals surface area contributed by atoms with Gasteiger partial charge < -0.3 is 19.5 Å². The number of sulfonamides is 1. The van der Waals surface area contributed by atoms with Gasteiger partial charge in [-0.2, -0.15) is 0 Å². The highest BCUT2D eigenvalue weighted by atomic mass is 32.2. The number of benzene rings is 3. The van der Waals surface area contributed by atoms with Crippen LogP contribution in [0.5, 0.6) is 23.0 Å². The zero-order valence-corrected chi connectivity index (χ0v) is 23.8. The predicted molar refractivity (Wildman–Crippen MR) is 156 cm³/mol. The van der Waals surface area contributed by atoms with Crippen molar-refractivity contribution in [1.29, 1.82) is 0 Å². The lowest BCUT2D eigenvalue weighted by Gasteiger charge is -2.14. The van der Waals surface area contributed by atoms with Gasteiger partial charge >= 0.3 is 0 Å². The van der Waals surface area contributed by atoms with Crippen LogP contribution in [-0.2, 0) is 15.8 Å². The number of rotatable bonds is 12. The summed E-state index contributed by atoms with van der Waals surface area (Å²) in [5.74, 6) is -0.00962. The van der Waals surface area contributed by atoms with Gasteiger partial charge in [-0.15, -0.1) is 4.40 Å². The van der Waals surface area contributed by atoms with Crippen LogP contribution >= 0.6 is 0 Å². The second-order valence-electron chi connectivity index (χ2n) is 9.25. The lowest BCUT2D eigenvalue weighted by Crippen LogP contribution is -2.16. The number of amidine groups is 1. The number of aromatic nitrogens is 1. The van der Waals surface area contributed by atoms with Crippen molar-refractivity contribution in [3.63, 3.8) is 0 Å². The molecule has 1 N–H and O–H groups in total. The fraction of sp³-hybridized carbons (Fsp3) is 0.267. The fourth-order valence-electron chi connectivity index (χ4n) is 4.15. The van der Waals surface area contributed by atoms with Gasteiger partial charge in [0.25, 0.3) is 10.0 Å². The first-order valence-electron chi connectivity index (χ1n) is 13.0. The van der Waals surface area contributed by atoms with Crippen LogP contribution in [-0.4, -0.2) is 33.5 Å². The lowest BCUT2D eigenvalue weighted by atomic mass is 10.1. The monoisotopic (exact) mass is 583 g/mol. The molecule has 4 rings (SSSR count). The molecule has 0 unspecified atom stereocenters. The van der Waals surface area contributed by atoms with Gasteiger partial charge in [-0.3, -0.25) is 4.98 Å². The highest BCUT2D eigenvalue weighted by Gasteiger charge is 2.16. The summed E-state index contributed by atoms with van der Waals surface area (Å²) in [6, 6.07) is 14.5. The van der Waals surface area contributed by atoms with Crippen LogP contribution in [0.1, 0.15) is 38.2 Å². The third kappa shape index (κ3) is 7.91. The summed E-state index contributed by atoms with van der Waals surface area (Å²) in [7, 11) is -0.898. The van der Waals surface area contributed by atoms with E-state index in [4.69, 9.17) is 14.2 Å². The normalized spacial score (nSPS) is 11.9. The van der Waals surface area contributed by atoms with Crippen molar-refractivity contribution in [2.45, 2.75) is 38.4 Å². The molecule has 0 saturated heterocycles. The van der Waals surface area contributed by atoms with Crippen LogP contribution in [0.3, 0.4) is 0 Å². The molecule has 0 bridgehead atoms. The zero-order chi connectivity index (χ0) is 29.4. The van der Waals surface area contributed by atoms with E-state index in [1.165, 1.54) is 50.6 Å². The van der Waals surface area contributed by atoms with Crippen molar-refractivity contribution >= 4 is 32.4 Å². The molecular formula is C30H31F2N3O5S. The minimum absolute atomic E-state index is 0.0359. The molecule has 4 aromatic rings. The Morgan fingerprint density at radius 2 is 1.63 bits per heavy atom. The first-order chi connectivity index (χ1) is 19.7. The van der Waals surface area contributed by atoms with E-state index in [0.29, 0.717) is 52.2 Å². The first-order valence-corrected chi connectivity index (χ1v) is 14.6. The number of halogens is 2. The number of ether oxygens (including phenoxy) is 3. The Morgan fingerprint density at radius 1 is 0.902 bits per heavy atom. The number of pyridine rings is 1. The molecule has 0 fully saturated rings. The molecule has 0 radical (unpaired) electrons. The number of nitrogens with one attached hydrogen (secondary N) is 1. The van der Waals surface area contributed by atoms with Crippen LogP contribution in [0.25, 0.3) is 10.9 Å². The topological polar surface area (TPSA) is 99.1 Å². The number of hydrogen-bond donors (Lipinski definition) is 1. The van der Waals surface area contributed by atoms with Gasteiger partial charge in [0.15, 0.2) is 23.1 Å². The molecule has 0 saturated carbocycles. The Kier molecular flexibility index (Phi) is 9.72. The summed E-state index contributed by atoms with van der Waals surface area (Å²) < 4.78 is 74.6. The predicted octanol–water partition coefficient (Wildman–Crippen LogP) is 7.24. The van der Waals surface area contributed by atoms with E-state index in [-0.39, 0.29) is 17.3 Å². The van der Waals surface area contributed by atoms with Gasteiger partial charge in [-0.05, 0) is 48.4 Å². The van der Waals surface area contributed by atoms with E-state index in [0.717, 1.165) is 12.8 Å². The third-order valence-electron chi connectivity index (χ3n) is 6.18. The highest BCUT2D eigenvalue weighted by Crippen LogP contribution is 2.37. The molecule has 0 spiro atoms. The number of methoxy groups -OCH3 is 2. The van der Waals surface area contributed by atoms with Crippen molar-refractivity contribution in [3.05, 3.63) is 84.1 Å². The van der Waals surface area contributed by atoms with Crippen molar-refractivity contribution in [1.82, 2.24) is 4.98 Å². The van der Waals surface area contributed by atoms with Crippen molar-refractivity contribution in [2.24, 2.45) is 4.40 Å². The molecule has 3 aromatic carbocycles. The Morgan fingerprint density at radius 3 is 2.32 bits per heavy atom. The lowest BCUT2D eigenvalue weighted by molar-refractivity contribution is 0.355. The molecule has 0 amide bonds. The highest BCUT2D eigenvalue weighted by molar-refractivity contribution is 7.89. The SMILES string of the molecule is CCCCC/C(=N\S(=O)(=O)Cc1ccc(F)cc1)Nc1ccc(Oc2ccnc3cc(OC)c(OC)cc23)c(F)c1. The molecule has 11 heteroatoms. The van der Waals surface area contributed by atoms with Crippen LogP contribution in [0.4, 0.5) is 14.5 Å². The van der Waals surface area contributed by atoms with Crippen molar-refractivity contribution < 1.29 is 31.4 Å². The average Bonchev–Trinajstić information content (AvgIpc) is 2.94. The second-order valence-corrected chi connectivity index (χ2v) is 10.9. The Balaban J connectivity index is 1.56. The second kappa shape index (κ2) is 13.4. The van der Waals surface area contributed by atoms with E-state index < -0.39 is 21.7 Å². The fourth-order valence-corrected chi connectivity index (χ4v) is 5.30. The maximum Gasteiger partial charge on any atom is 0.258 e. The van der Waals surface area contributed by atoms with Gasteiger partial charge in [0.2, 0.25) is 0 Å². The number of unbranched alkanes of at least 4 members (excludes halogenated alkanes) is 2. The van der Waals surface area contributed by atoms with Gasteiger partial charge in [0.05, 0.1) is 25.5 Å².